The van der Waals surface area contributed by atoms with E-state index in [1.165, 1.54) is 25.9 Å². The summed E-state index contributed by atoms with van der Waals surface area (Å²) in [6.45, 7) is 9.05. The molecule has 2 rings (SSSR count). The lowest BCUT2D eigenvalue weighted by Gasteiger charge is -2.49. The van der Waals surface area contributed by atoms with Crippen molar-refractivity contribution < 1.29 is 4.74 Å². The van der Waals surface area contributed by atoms with Gasteiger partial charge in [-0.2, -0.15) is 0 Å². The van der Waals surface area contributed by atoms with E-state index < -0.39 is 0 Å². The van der Waals surface area contributed by atoms with E-state index >= 15 is 0 Å². The Morgan fingerprint density at radius 1 is 1.36 bits per heavy atom. The van der Waals surface area contributed by atoms with Crippen LogP contribution in [0.15, 0.2) is 0 Å². The van der Waals surface area contributed by atoms with Crippen molar-refractivity contribution in [1.29, 1.82) is 0 Å². The molecule has 1 atom stereocenters. The van der Waals surface area contributed by atoms with Crippen LogP contribution in [0.5, 0.6) is 0 Å². The number of hydrogen-bond acceptors (Lipinski definition) is 3. The molecule has 0 aromatic heterocycles. The maximum absolute atomic E-state index is 5.44. The van der Waals surface area contributed by atoms with E-state index in [-0.39, 0.29) is 5.60 Å². The largest absolute Gasteiger partial charge is 0.376 e. The summed E-state index contributed by atoms with van der Waals surface area (Å²) >= 11 is 0. The summed E-state index contributed by atoms with van der Waals surface area (Å²) in [7, 11) is 1.81. The minimum absolute atomic E-state index is 0.120. The van der Waals surface area contributed by atoms with E-state index in [0.717, 1.165) is 13.1 Å². The zero-order chi connectivity index (χ0) is 10.2. The zero-order valence-corrected chi connectivity index (χ0v) is 9.60. The van der Waals surface area contributed by atoms with Crippen molar-refractivity contribution in [2.24, 2.45) is 0 Å². The molecule has 0 aliphatic carbocycles. The Bertz CT molecular complexity index is 205. The Kier molecular flexibility index (Phi) is 2.58. The minimum Gasteiger partial charge on any atom is -0.376 e. The third-order valence-electron chi connectivity index (χ3n) is 3.64. The van der Waals surface area contributed by atoms with Gasteiger partial charge in [0.25, 0.3) is 0 Å². The quantitative estimate of drug-likeness (QED) is 0.727. The molecule has 3 nitrogen and oxygen atoms in total. The molecule has 2 aliphatic heterocycles. The lowest BCUT2D eigenvalue weighted by molar-refractivity contribution is -0.116. The Morgan fingerprint density at radius 3 is 2.57 bits per heavy atom. The highest BCUT2D eigenvalue weighted by atomic mass is 16.5. The van der Waals surface area contributed by atoms with Crippen LogP contribution in [-0.4, -0.2) is 49.3 Å². The van der Waals surface area contributed by atoms with Gasteiger partial charge in [0.15, 0.2) is 0 Å². The molecule has 0 amide bonds. The predicted molar refractivity (Wildman–Crippen MR) is 57.5 cm³/mol. The summed E-state index contributed by atoms with van der Waals surface area (Å²) in [5.74, 6) is 0. The molecular formula is C11H22N2O. The summed E-state index contributed by atoms with van der Waals surface area (Å²) in [5, 5.41) is 3.59. The van der Waals surface area contributed by atoms with Crippen LogP contribution in [0.25, 0.3) is 0 Å². The van der Waals surface area contributed by atoms with Crippen LogP contribution < -0.4 is 5.32 Å². The summed E-state index contributed by atoms with van der Waals surface area (Å²) in [6, 6.07) is 0. The minimum atomic E-state index is 0.120. The van der Waals surface area contributed by atoms with Crippen LogP contribution >= 0.6 is 0 Å². The molecule has 0 spiro atoms. The third-order valence-corrected chi connectivity index (χ3v) is 3.64. The number of nitrogens with one attached hydrogen (secondary N) is 1. The topological polar surface area (TPSA) is 24.5 Å². The molecule has 82 valence electrons. The van der Waals surface area contributed by atoms with E-state index in [1.54, 1.807) is 0 Å². The molecule has 2 aliphatic rings. The first-order valence-electron chi connectivity index (χ1n) is 5.58. The second-order valence-electron chi connectivity index (χ2n) is 5.39. The Balaban J connectivity index is 1.78. The zero-order valence-electron chi connectivity index (χ0n) is 9.60. The fourth-order valence-electron chi connectivity index (χ4n) is 2.73. The molecule has 0 aromatic rings. The van der Waals surface area contributed by atoms with Gasteiger partial charge in [-0.1, -0.05) is 0 Å². The van der Waals surface area contributed by atoms with Gasteiger partial charge >= 0.3 is 0 Å². The summed E-state index contributed by atoms with van der Waals surface area (Å²) in [4.78, 5) is 2.49. The van der Waals surface area contributed by atoms with Crippen molar-refractivity contribution in [3.05, 3.63) is 0 Å². The third kappa shape index (κ3) is 1.95. The number of likely N-dealkylation sites (tertiary alicyclic amines) is 1. The molecule has 3 heteroatoms. The summed E-state index contributed by atoms with van der Waals surface area (Å²) < 4.78 is 5.44. The Labute approximate surface area is 86.8 Å². The van der Waals surface area contributed by atoms with Crippen LogP contribution in [0.1, 0.15) is 26.7 Å². The molecule has 0 bridgehead atoms. The van der Waals surface area contributed by atoms with E-state index in [4.69, 9.17) is 4.74 Å². The van der Waals surface area contributed by atoms with Gasteiger partial charge in [0.1, 0.15) is 0 Å². The molecule has 0 aromatic carbocycles. The molecular weight excluding hydrogens is 176 g/mol. The molecule has 1 N–H and O–H groups in total. The fourth-order valence-corrected chi connectivity index (χ4v) is 2.73. The average Bonchev–Trinajstić information content (AvgIpc) is 2.49. The number of ether oxygens (including phenoxy) is 1. The van der Waals surface area contributed by atoms with Crippen LogP contribution in [0.2, 0.25) is 0 Å². The Hall–Kier alpha value is -0.120. The highest BCUT2D eigenvalue weighted by molar-refractivity contribution is 4.99. The molecule has 0 radical (unpaired) electrons. The van der Waals surface area contributed by atoms with Gasteiger partial charge in [-0.25, -0.2) is 0 Å². The van der Waals surface area contributed by atoms with Crippen molar-refractivity contribution >= 4 is 0 Å². The maximum atomic E-state index is 5.44. The standard InChI is InChI=1S/C11H22N2O/c1-10(5-4-6-12-10)7-13-8-11(2,9-13)14-3/h12H,4-9H2,1-3H3. The molecule has 2 heterocycles. The van der Waals surface area contributed by atoms with Crippen LogP contribution in [-0.2, 0) is 4.74 Å². The first-order chi connectivity index (χ1) is 6.55. The number of rotatable bonds is 3. The average molecular weight is 198 g/mol. The van der Waals surface area contributed by atoms with Gasteiger partial charge < -0.3 is 10.1 Å². The molecule has 14 heavy (non-hydrogen) atoms. The predicted octanol–water partition coefficient (Wildman–Crippen LogP) is 0.849. The summed E-state index contributed by atoms with van der Waals surface area (Å²) in [6.07, 6.45) is 2.64. The van der Waals surface area contributed by atoms with Gasteiger partial charge in [0, 0.05) is 32.3 Å². The number of methoxy groups -OCH3 is 1. The number of hydrogen-bond donors (Lipinski definition) is 1. The van der Waals surface area contributed by atoms with Gasteiger partial charge in [-0.05, 0) is 33.2 Å². The van der Waals surface area contributed by atoms with Crippen molar-refractivity contribution in [2.75, 3.05) is 33.3 Å². The second-order valence-corrected chi connectivity index (χ2v) is 5.39. The first-order valence-corrected chi connectivity index (χ1v) is 5.58. The van der Waals surface area contributed by atoms with E-state index in [2.05, 4.69) is 24.1 Å². The number of nitrogens with zero attached hydrogens (tertiary/aromatic N) is 1. The molecule has 1 unspecified atom stereocenters. The van der Waals surface area contributed by atoms with E-state index in [9.17, 15) is 0 Å². The van der Waals surface area contributed by atoms with E-state index in [0.29, 0.717) is 5.54 Å². The lowest BCUT2D eigenvalue weighted by Crippen LogP contribution is -2.64. The summed E-state index contributed by atoms with van der Waals surface area (Å²) in [5.41, 5.74) is 0.476. The van der Waals surface area contributed by atoms with Gasteiger partial charge in [-0.15, -0.1) is 0 Å². The second kappa shape index (κ2) is 3.47. The molecule has 0 saturated carbocycles. The fraction of sp³-hybridized carbons (Fsp3) is 1.00. The smallest absolute Gasteiger partial charge is 0.0903 e. The lowest BCUT2D eigenvalue weighted by atomic mass is 9.91. The SMILES string of the molecule is COC1(C)CN(CC2(C)CCCN2)C1. The van der Waals surface area contributed by atoms with Crippen molar-refractivity contribution in [3.63, 3.8) is 0 Å². The highest BCUT2D eigenvalue weighted by Gasteiger charge is 2.42. The van der Waals surface area contributed by atoms with Gasteiger partial charge in [-0.3, -0.25) is 4.90 Å². The van der Waals surface area contributed by atoms with Gasteiger partial charge in [0.05, 0.1) is 5.60 Å². The monoisotopic (exact) mass is 198 g/mol. The van der Waals surface area contributed by atoms with Gasteiger partial charge in [0.2, 0.25) is 0 Å². The van der Waals surface area contributed by atoms with E-state index in [1.807, 2.05) is 7.11 Å². The normalized spacial score (nSPS) is 37.1. The highest BCUT2D eigenvalue weighted by Crippen LogP contribution is 2.28. The van der Waals surface area contributed by atoms with Crippen molar-refractivity contribution in [3.8, 4) is 0 Å². The maximum Gasteiger partial charge on any atom is 0.0903 e. The van der Waals surface area contributed by atoms with Crippen molar-refractivity contribution in [2.45, 2.75) is 37.8 Å². The van der Waals surface area contributed by atoms with Crippen LogP contribution in [0.3, 0.4) is 0 Å². The van der Waals surface area contributed by atoms with Crippen LogP contribution in [0, 0.1) is 0 Å². The Morgan fingerprint density at radius 2 is 2.07 bits per heavy atom. The van der Waals surface area contributed by atoms with Crippen molar-refractivity contribution in [1.82, 2.24) is 10.2 Å². The van der Waals surface area contributed by atoms with Crippen LogP contribution in [0.4, 0.5) is 0 Å². The molecule has 2 saturated heterocycles. The first kappa shape index (κ1) is 10.4. The molecule has 2 fully saturated rings.